The Morgan fingerprint density at radius 1 is 1.17 bits per heavy atom. The number of thiol groups is 1. The Morgan fingerprint density at radius 2 is 1.61 bits per heavy atom. The summed E-state index contributed by atoms with van der Waals surface area (Å²) in [5.74, 6) is 0. The van der Waals surface area contributed by atoms with Gasteiger partial charge in [-0.25, -0.2) is 0 Å². The molecular weight excluding hydrogens is 355 g/mol. The topological polar surface area (TPSA) is 9.23 Å². The van der Waals surface area contributed by atoms with Crippen LogP contribution >= 0.6 is 35.2 Å². The van der Waals surface area contributed by atoms with Crippen LogP contribution in [0.4, 0.5) is 0 Å². The summed E-state index contributed by atoms with van der Waals surface area (Å²) in [5, 5.41) is 0. The summed E-state index contributed by atoms with van der Waals surface area (Å²) in [7, 11) is 0. The Balaban J connectivity index is -0.000000274. The molecule has 0 saturated heterocycles. The van der Waals surface area contributed by atoms with Gasteiger partial charge >= 0.3 is 0 Å². The van der Waals surface area contributed by atoms with E-state index >= 15 is 0 Å². The summed E-state index contributed by atoms with van der Waals surface area (Å²) < 4.78 is 6.28. The fourth-order valence-electron chi connectivity index (χ4n) is 0.909. The van der Waals surface area contributed by atoms with Crippen molar-refractivity contribution in [3.63, 3.8) is 0 Å². The smallest absolute Gasteiger partial charge is 0.0716 e. The molecule has 0 spiro atoms. The van der Waals surface area contributed by atoms with E-state index in [9.17, 15) is 0 Å². The molecule has 0 N–H and O–H groups in total. The molecule has 0 radical (unpaired) electrons. The molecule has 0 aliphatic carbocycles. The van der Waals surface area contributed by atoms with Gasteiger partial charge in [-0.1, -0.05) is 73.7 Å². The minimum Gasteiger partial charge on any atom is -0.377 e. The third-order valence-corrected chi connectivity index (χ3v) is 1.46. The number of terminal acetylenes is 1. The molecule has 0 bridgehead atoms. The van der Waals surface area contributed by atoms with Gasteiger partial charge in [0.25, 0.3) is 0 Å². The first-order valence-electron chi connectivity index (χ1n) is 5.97. The number of ether oxygens (including phenoxy) is 1. The number of hydrogen-bond acceptors (Lipinski definition) is 2. The van der Waals surface area contributed by atoms with Crippen LogP contribution in [0.1, 0.15) is 32.8 Å². The first-order valence-corrected chi connectivity index (χ1v) is 8.12. The maximum Gasteiger partial charge on any atom is 0.0716 e. The molecule has 0 unspecified atom stereocenters. The summed E-state index contributed by atoms with van der Waals surface area (Å²) in [4.78, 5) is 0. The molecule has 0 amide bonds. The van der Waals surface area contributed by atoms with E-state index in [0.717, 1.165) is 23.4 Å². The van der Waals surface area contributed by atoms with Crippen molar-refractivity contribution in [1.29, 1.82) is 0 Å². The standard InChI is InChI=1S/C10H14O.C2H6.C2H2.CH3IS/c1-2-8-11-9-10-6-4-3-5-7-10;2*1-2;2-1-3/h3-7H,2,8-9H2,1H3;1-2H3;1-2H;3H,1H2. The van der Waals surface area contributed by atoms with Crippen molar-refractivity contribution in [2.24, 2.45) is 0 Å². The molecule has 1 nitrogen and oxygen atoms in total. The van der Waals surface area contributed by atoms with Gasteiger partial charge in [0, 0.05) is 10.4 Å². The molecular formula is C15H25IOS. The van der Waals surface area contributed by atoms with Crippen LogP contribution in [0.25, 0.3) is 0 Å². The minimum absolute atomic E-state index is 0.745. The maximum absolute atomic E-state index is 5.37. The number of benzene rings is 1. The molecule has 0 fully saturated rings. The average Bonchev–Trinajstić information content (AvgIpc) is 2.46. The Morgan fingerprint density at radius 3 is 2.00 bits per heavy atom. The van der Waals surface area contributed by atoms with Crippen LogP contribution in [0.2, 0.25) is 0 Å². The predicted octanol–water partition coefficient (Wildman–Crippen LogP) is 5.20. The van der Waals surface area contributed by atoms with Gasteiger partial charge in [0.2, 0.25) is 0 Å². The third-order valence-electron chi connectivity index (χ3n) is 1.46. The van der Waals surface area contributed by atoms with Gasteiger partial charge in [-0.05, 0) is 12.0 Å². The second kappa shape index (κ2) is 25.6. The lowest BCUT2D eigenvalue weighted by atomic mass is 10.2. The number of alkyl halides is 1. The van der Waals surface area contributed by atoms with Gasteiger partial charge in [0.05, 0.1) is 6.61 Å². The van der Waals surface area contributed by atoms with Crippen LogP contribution in [0.3, 0.4) is 0 Å². The molecule has 0 saturated carbocycles. The van der Waals surface area contributed by atoms with Gasteiger partial charge in [0.15, 0.2) is 0 Å². The number of halogens is 1. The van der Waals surface area contributed by atoms with E-state index in [1.807, 2.05) is 32.0 Å². The molecule has 1 aromatic carbocycles. The van der Waals surface area contributed by atoms with Crippen molar-refractivity contribution in [3.05, 3.63) is 35.9 Å². The average molecular weight is 380 g/mol. The van der Waals surface area contributed by atoms with Gasteiger partial charge in [-0.2, -0.15) is 12.6 Å². The molecule has 1 aromatic rings. The summed E-state index contributed by atoms with van der Waals surface area (Å²) in [6, 6.07) is 10.2. The Kier molecular flexibility index (Phi) is 32.7. The second-order valence-electron chi connectivity index (χ2n) is 2.66. The second-order valence-corrected chi connectivity index (χ2v) is 4.94. The Labute approximate surface area is 132 Å². The number of hydrogen-bond donors (Lipinski definition) is 1. The molecule has 0 heterocycles. The fraction of sp³-hybridized carbons (Fsp3) is 0.467. The van der Waals surface area contributed by atoms with E-state index in [4.69, 9.17) is 4.74 Å². The Hall–Kier alpha value is -0.180. The monoisotopic (exact) mass is 380 g/mol. The summed E-state index contributed by atoms with van der Waals surface area (Å²) in [6.45, 7) is 7.72. The van der Waals surface area contributed by atoms with Crippen molar-refractivity contribution >= 4 is 35.2 Å². The zero-order valence-corrected chi connectivity index (χ0v) is 14.7. The first-order chi connectivity index (χ1) is 8.85. The molecule has 0 aliphatic heterocycles. The molecule has 0 atom stereocenters. The van der Waals surface area contributed by atoms with E-state index < -0.39 is 0 Å². The fourth-order valence-corrected chi connectivity index (χ4v) is 0.909. The van der Waals surface area contributed by atoms with Crippen molar-refractivity contribution in [3.8, 4) is 12.8 Å². The lowest BCUT2D eigenvalue weighted by Crippen LogP contribution is -1.92. The van der Waals surface area contributed by atoms with E-state index in [1.54, 1.807) is 0 Å². The first kappa shape index (κ1) is 23.0. The highest BCUT2D eigenvalue weighted by Gasteiger charge is 1.88. The highest BCUT2D eigenvalue weighted by molar-refractivity contribution is 14.1. The van der Waals surface area contributed by atoms with Crippen LogP contribution in [0, 0.1) is 12.8 Å². The zero-order valence-electron chi connectivity index (χ0n) is 11.6. The normalized spacial score (nSPS) is 7.50. The number of rotatable bonds is 4. The van der Waals surface area contributed by atoms with Crippen molar-refractivity contribution in [1.82, 2.24) is 0 Å². The van der Waals surface area contributed by atoms with Crippen LogP contribution < -0.4 is 0 Å². The minimum atomic E-state index is 0.745. The van der Waals surface area contributed by atoms with Gasteiger partial charge < -0.3 is 4.74 Å². The third kappa shape index (κ3) is 21.1. The van der Waals surface area contributed by atoms with Gasteiger partial charge in [-0.15, -0.1) is 12.8 Å². The maximum atomic E-state index is 5.37. The highest BCUT2D eigenvalue weighted by Crippen LogP contribution is 2.00. The van der Waals surface area contributed by atoms with Gasteiger partial charge in [0.1, 0.15) is 0 Å². The summed E-state index contributed by atoms with van der Waals surface area (Å²) in [5.41, 5.74) is 1.25. The molecule has 3 heteroatoms. The van der Waals surface area contributed by atoms with Crippen molar-refractivity contribution in [2.75, 3.05) is 10.4 Å². The largest absolute Gasteiger partial charge is 0.377 e. The van der Waals surface area contributed by atoms with E-state index in [1.165, 1.54) is 5.56 Å². The molecule has 0 aliphatic rings. The predicted molar refractivity (Wildman–Crippen MR) is 95.5 cm³/mol. The Bertz CT molecular complexity index is 237. The van der Waals surface area contributed by atoms with Crippen LogP contribution in [0.15, 0.2) is 30.3 Å². The van der Waals surface area contributed by atoms with Crippen molar-refractivity contribution in [2.45, 2.75) is 33.8 Å². The van der Waals surface area contributed by atoms with Crippen LogP contribution in [0.5, 0.6) is 0 Å². The lowest BCUT2D eigenvalue weighted by molar-refractivity contribution is 0.121. The molecule has 0 aromatic heterocycles. The zero-order chi connectivity index (χ0) is 14.6. The van der Waals surface area contributed by atoms with Crippen molar-refractivity contribution < 1.29 is 4.74 Å². The van der Waals surface area contributed by atoms with Gasteiger partial charge in [-0.3, -0.25) is 0 Å². The van der Waals surface area contributed by atoms with Crippen LogP contribution in [-0.4, -0.2) is 10.4 Å². The summed E-state index contributed by atoms with van der Waals surface area (Å²) >= 11 is 5.93. The van der Waals surface area contributed by atoms with Crippen LogP contribution in [-0.2, 0) is 11.3 Å². The molecule has 18 heavy (non-hydrogen) atoms. The SMILES string of the molecule is C#C.CC.CCCOCc1ccccc1.SCI. The van der Waals surface area contributed by atoms with E-state index in [-0.39, 0.29) is 0 Å². The molecule has 1 rings (SSSR count). The molecule has 104 valence electrons. The van der Waals surface area contributed by atoms with E-state index in [2.05, 4.69) is 67.1 Å². The van der Waals surface area contributed by atoms with E-state index in [0.29, 0.717) is 0 Å². The quantitative estimate of drug-likeness (QED) is 0.248. The lowest BCUT2D eigenvalue weighted by Gasteiger charge is -2.00. The highest BCUT2D eigenvalue weighted by atomic mass is 127. The summed E-state index contributed by atoms with van der Waals surface area (Å²) in [6.07, 6.45) is 9.09.